The lowest BCUT2D eigenvalue weighted by molar-refractivity contribution is 0.283. The van der Waals surface area contributed by atoms with E-state index < -0.39 is 0 Å². The number of fused-ring (bicyclic) bond motifs is 1. The van der Waals surface area contributed by atoms with Gasteiger partial charge in [-0.05, 0) is 37.0 Å². The van der Waals surface area contributed by atoms with E-state index in [1.54, 1.807) is 0 Å². The van der Waals surface area contributed by atoms with Crippen LogP contribution in [0.2, 0.25) is 0 Å². The van der Waals surface area contributed by atoms with Gasteiger partial charge in [-0.3, -0.25) is 4.68 Å². The van der Waals surface area contributed by atoms with E-state index in [2.05, 4.69) is 4.68 Å². The van der Waals surface area contributed by atoms with Crippen molar-refractivity contribution in [1.82, 2.24) is 9.78 Å². The van der Waals surface area contributed by atoms with E-state index in [-0.39, 0.29) is 0 Å². The Morgan fingerprint density at radius 3 is 3.00 bits per heavy atom. The van der Waals surface area contributed by atoms with Crippen LogP contribution in [0.3, 0.4) is 0 Å². The zero-order valence-electron chi connectivity index (χ0n) is 8.91. The average Bonchev–Trinajstić information content (AvgIpc) is 2.55. The standard InChI is InChI=1S/C11H17N3S/c12-6-10-9-4-5-15-7-11(9)14(13-10)8-2-1-3-8/h8H,1-7,12H2. The number of aromatic nitrogens is 2. The van der Waals surface area contributed by atoms with Crippen molar-refractivity contribution in [2.45, 2.75) is 44.0 Å². The zero-order chi connectivity index (χ0) is 10.3. The maximum Gasteiger partial charge on any atom is 0.0795 e. The first kappa shape index (κ1) is 9.73. The van der Waals surface area contributed by atoms with Crippen LogP contribution in [-0.2, 0) is 18.7 Å². The summed E-state index contributed by atoms with van der Waals surface area (Å²) < 4.78 is 2.28. The lowest BCUT2D eigenvalue weighted by Crippen LogP contribution is -2.21. The summed E-state index contributed by atoms with van der Waals surface area (Å²) in [6, 6.07) is 0.678. The van der Waals surface area contributed by atoms with Crippen LogP contribution < -0.4 is 5.73 Å². The van der Waals surface area contributed by atoms with Crippen molar-refractivity contribution in [3.8, 4) is 0 Å². The van der Waals surface area contributed by atoms with Gasteiger partial charge in [0, 0.05) is 12.3 Å². The van der Waals surface area contributed by atoms with Gasteiger partial charge >= 0.3 is 0 Å². The Labute approximate surface area is 94.4 Å². The minimum atomic E-state index is 0.604. The molecule has 2 aliphatic rings. The second-order valence-electron chi connectivity index (χ2n) is 4.41. The second kappa shape index (κ2) is 3.83. The van der Waals surface area contributed by atoms with Crippen molar-refractivity contribution in [2.24, 2.45) is 5.73 Å². The van der Waals surface area contributed by atoms with Gasteiger partial charge in [-0.25, -0.2) is 0 Å². The summed E-state index contributed by atoms with van der Waals surface area (Å²) in [7, 11) is 0. The van der Waals surface area contributed by atoms with Gasteiger partial charge in [0.2, 0.25) is 0 Å². The van der Waals surface area contributed by atoms with Crippen LogP contribution in [-0.4, -0.2) is 15.5 Å². The normalized spacial score (nSPS) is 21.1. The number of hydrogen-bond donors (Lipinski definition) is 1. The number of nitrogens with two attached hydrogens (primary N) is 1. The summed E-state index contributed by atoms with van der Waals surface area (Å²) in [6.07, 6.45) is 5.15. The van der Waals surface area contributed by atoms with Crippen molar-refractivity contribution in [3.05, 3.63) is 17.0 Å². The van der Waals surface area contributed by atoms with E-state index in [9.17, 15) is 0 Å². The molecule has 0 saturated heterocycles. The van der Waals surface area contributed by atoms with E-state index in [4.69, 9.17) is 10.8 Å². The smallest absolute Gasteiger partial charge is 0.0795 e. The predicted octanol–water partition coefficient (Wildman–Crippen LogP) is 1.86. The Kier molecular flexibility index (Phi) is 2.48. The van der Waals surface area contributed by atoms with Gasteiger partial charge in [0.05, 0.1) is 17.4 Å². The first-order chi connectivity index (χ1) is 7.40. The van der Waals surface area contributed by atoms with Gasteiger partial charge in [0.1, 0.15) is 0 Å². The quantitative estimate of drug-likeness (QED) is 0.832. The summed E-state index contributed by atoms with van der Waals surface area (Å²) >= 11 is 2.03. The minimum absolute atomic E-state index is 0.604. The molecule has 3 rings (SSSR count). The van der Waals surface area contributed by atoms with Gasteiger partial charge in [-0.2, -0.15) is 16.9 Å². The molecule has 0 spiro atoms. The van der Waals surface area contributed by atoms with E-state index in [1.807, 2.05) is 11.8 Å². The highest BCUT2D eigenvalue weighted by molar-refractivity contribution is 7.98. The summed E-state index contributed by atoms with van der Waals surface area (Å²) in [6.45, 7) is 0.604. The molecule has 1 aromatic rings. The molecule has 1 fully saturated rings. The fourth-order valence-corrected chi connectivity index (χ4v) is 3.43. The first-order valence-corrected chi connectivity index (χ1v) is 6.92. The molecule has 1 aliphatic carbocycles. The molecule has 0 amide bonds. The van der Waals surface area contributed by atoms with Gasteiger partial charge in [-0.1, -0.05) is 0 Å². The molecular formula is C11H17N3S. The zero-order valence-corrected chi connectivity index (χ0v) is 9.72. The molecule has 3 nitrogen and oxygen atoms in total. The lowest BCUT2D eigenvalue weighted by atomic mass is 9.93. The van der Waals surface area contributed by atoms with E-state index in [0.29, 0.717) is 12.6 Å². The largest absolute Gasteiger partial charge is 0.325 e. The molecule has 1 saturated carbocycles. The number of rotatable bonds is 2. The fourth-order valence-electron chi connectivity index (χ4n) is 2.44. The molecule has 0 aromatic carbocycles. The fraction of sp³-hybridized carbons (Fsp3) is 0.727. The van der Waals surface area contributed by atoms with Crippen molar-refractivity contribution < 1.29 is 0 Å². The molecule has 15 heavy (non-hydrogen) atoms. The molecule has 82 valence electrons. The first-order valence-electron chi connectivity index (χ1n) is 5.77. The molecule has 1 aromatic heterocycles. The third kappa shape index (κ3) is 1.51. The summed E-state index contributed by atoms with van der Waals surface area (Å²) in [4.78, 5) is 0. The average molecular weight is 223 g/mol. The van der Waals surface area contributed by atoms with Crippen LogP contribution in [0.5, 0.6) is 0 Å². The molecule has 2 heterocycles. The van der Waals surface area contributed by atoms with E-state index in [1.165, 1.54) is 42.7 Å². The van der Waals surface area contributed by atoms with Crippen LogP contribution in [0, 0.1) is 0 Å². The predicted molar refractivity (Wildman–Crippen MR) is 62.9 cm³/mol. The Morgan fingerprint density at radius 2 is 2.33 bits per heavy atom. The van der Waals surface area contributed by atoms with Crippen molar-refractivity contribution in [2.75, 3.05) is 5.75 Å². The molecule has 2 N–H and O–H groups in total. The topological polar surface area (TPSA) is 43.8 Å². The van der Waals surface area contributed by atoms with Gasteiger partial charge in [-0.15, -0.1) is 0 Å². The van der Waals surface area contributed by atoms with Gasteiger partial charge < -0.3 is 5.73 Å². The molecule has 4 heteroatoms. The number of thioether (sulfide) groups is 1. The van der Waals surface area contributed by atoms with Gasteiger partial charge in [0.15, 0.2) is 0 Å². The van der Waals surface area contributed by atoms with Crippen LogP contribution in [0.25, 0.3) is 0 Å². The maximum atomic E-state index is 5.76. The highest BCUT2D eigenvalue weighted by Crippen LogP contribution is 2.36. The highest BCUT2D eigenvalue weighted by Gasteiger charge is 2.27. The van der Waals surface area contributed by atoms with Crippen molar-refractivity contribution in [1.29, 1.82) is 0 Å². The molecule has 0 atom stereocenters. The summed E-state index contributed by atoms with van der Waals surface area (Å²) in [5.41, 5.74) is 9.84. The Morgan fingerprint density at radius 1 is 1.47 bits per heavy atom. The molecule has 0 radical (unpaired) electrons. The van der Waals surface area contributed by atoms with Crippen LogP contribution in [0.15, 0.2) is 0 Å². The molecular weight excluding hydrogens is 206 g/mol. The lowest BCUT2D eigenvalue weighted by Gasteiger charge is -2.28. The van der Waals surface area contributed by atoms with Crippen LogP contribution in [0.4, 0.5) is 0 Å². The third-order valence-corrected chi connectivity index (χ3v) is 4.52. The summed E-state index contributed by atoms with van der Waals surface area (Å²) in [5.74, 6) is 2.37. The third-order valence-electron chi connectivity index (χ3n) is 3.55. The molecule has 0 bridgehead atoms. The molecule has 1 aliphatic heterocycles. The Hall–Kier alpha value is -0.480. The Bertz CT molecular complexity index is 368. The SMILES string of the molecule is NCc1nn(C2CCC2)c2c1CCSC2. The number of nitrogens with zero attached hydrogens (tertiary/aromatic N) is 2. The van der Waals surface area contributed by atoms with Crippen molar-refractivity contribution in [3.63, 3.8) is 0 Å². The summed E-state index contributed by atoms with van der Waals surface area (Å²) in [5, 5.41) is 4.71. The second-order valence-corrected chi connectivity index (χ2v) is 5.51. The monoisotopic (exact) mass is 223 g/mol. The highest BCUT2D eigenvalue weighted by atomic mass is 32.2. The van der Waals surface area contributed by atoms with Gasteiger partial charge in [0.25, 0.3) is 0 Å². The number of hydrogen-bond acceptors (Lipinski definition) is 3. The molecule has 0 unspecified atom stereocenters. The van der Waals surface area contributed by atoms with E-state index >= 15 is 0 Å². The van der Waals surface area contributed by atoms with E-state index in [0.717, 1.165) is 11.4 Å². The van der Waals surface area contributed by atoms with Crippen molar-refractivity contribution >= 4 is 11.8 Å². The minimum Gasteiger partial charge on any atom is -0.325 e. The Balaban J connectivity index is 2.01. The maximum absolute atomic E-state index is 5.76. The van der Waals surface area contributed by atoms with Crippen LogP contribution in [0.1, 0.15) is 42.3 Å². The van der Waals surface area contributed by atoms with Crippen LogP contribution >= 0.6 is 11.8 Å².